The first kappa shape index (κ1) is 21.7. The summed E-state index contributed by atoms with van der Waals surface area (Å²) >= 11 is 7.19. The van der Waals surface area contributed by atoms with Crippen LogP contribution >= 0.6 is 23.1 Å². The summed E-state index contributed by atoms with van der Waals surface area (Å²) in [5, 5.41) is 6.80. The first-order valence-corrected chi connectivity index (χ1v) is 12.6. The Morgan fingerprint density at radius 1 is 1.27 bits per heavy atom. The van der Waals surface area contributed by atoms with Gasteiger partial charge in [-0.1, -0.05) is 11.2 Å². The zero-order chi connectivity index (χ0) is 21.1. The lowest BCUT2D eigenvalue weighted by atomic mass is 9.91. The molecular formula is C20H23ClFN3O3S2. The molecule has 6 nitrogen and oxygen atoms in total. The Labute approximate surface area is 184 Å². The number of hydrogen-bond donors (Lipinski definition) is 0. The number of benzene rings is 1. The monoisotopic (exact) mass is 471 g/mol. The molecule has 2 aromatic heterocycles. The van der Waals surface area contributed by atoms with Crippen LogP contribution in [-0.4, -0.2) is 48.5 Å². The fourth-order valence-corrected chi connectivity index (χ4v) is 6.51. The van der Waals surface area contributed by atoms with Gasteiger partial charge in [0.1, 0.15) is 10.0 Å². The van der Waals surface area contributed by atoms with E-state index in [2.05, 4.69) is 10.1 Å². The van der Waals surface area contributed by atoms with Crippen molar-refractivity contribution in [3.05, 3.63) is 47.2 Å². The number of halogens is 2. The number of likely N-dealkylation sites (tertiary alicyclic amines) is 1. The zero-order valence-corrected chi connectivity index (χ0v) is 18.7. The summed E-state index contributed by atoms with van der Waals surface area (Å²) < 4.78 is 44.4. The second-order valence-corrected chi connectivity index (χ2v) is 11.1. The molecule has 0 spiro atoms. The van der Waals surface area contributed by atoms with Crippen molar-refractivity contribution in [1.29, 1.82) is 0 Å². The molecule has 0 saturated carbocycles. The van der Waals surface area contributed by atoms with Crippen LogP contribution in [0.1, 0.15) is 37.3 Å². The van der Waals surface area contributed by atoms with E-state index < -0.39 is 10.0 Å². The average Bonchev–Trinajstić information content (AvgIpc) is 3.41. The third-order valence-corrected chi connectivity index (χ3v) is 9.15. The van der Waals surface area contributed by atoms with Crippen molar-refractivity contribution >= 4 is 44.1 Å². The van der Waals surface area contributed by atoms with E-state index in [0.717, 1.165) is 53.8 Å². The second kappa shape index (κ2) is 9.32. The van der Waals surface area contributed by atoms with Crippen molar-refractivity contribution in [3.8, 4) is 0 Å². The minimum absolute atomic E-state index is 0.266. The van der Waals surface area contributed by atoms with Gasteiger partial charge in [-0.2, -0.15) is 0 Å². The van der Waals surface area contributed by atoms with Crippen molar-refractivity contribution < 1.29 is 17.3 Å². The Morgan fingerprint density at radius 2 is 2.07 bits per heavy atom. The highest BCUT2D eigenvalue weighted by Gasteiger charge is 2.26. The number of nitrogens with zero attached hydrogens (tertiary/aromatic N) is 3. The Kier molecular flexibility index (Phi) is 6.74. The van der Waals surface area contributed by atoms with Crippen molar-refractivity contribution in [2.45, 2.75) is 35.8 Å². The van der Waals surface area contributed by atoms with Crippen LogP contribution in [0.25, 0.3) is 11.0 Å². The largest absolute Gasteiger partial charge is 0.356 e. The quantitative estimate of drug-likeness (QED) is 0.347. The predicted octanol–water partition coefficient (Wildman–Crippen LogP) is 4.83. The number of hydrogen-bond acceptors (Lipinski definition) is 6. The molecule has 1 fully saturated rings. The fourth-order valence-electron chi connectivity index (χ4n) is 3.85. The molecule has 0 bridgehead atoms. The minimum Gasteiger partial charge on any atom is -0.356 e. The third kappa shape index (κ3) is 4.70. The summed E-state index contributed by atoms with van der Waals surface area (Å²) in [5.41, 5.74) is 1.41. The van der Waals surface area contributed by atoms with E-state index in [4.69, 9.17) is 16.3 Å². The summed E-state index contributed by atoms with van der Waals surface area (Å²) in [5.74, 6) is -0.0130. The smallest absolute Gasteiger partial charge is 0.265 e. The molecule has 1 aliphatic rings. The Hall–Kier alpha value is -1.52. The summed E-state index contributed by atoms with van der Waals surface area (Å²) in [6, 6.07) is 7.82. The molecule has 162 valence electrons. The van der Waals surface area contributed by atoms with Crippen LogP contribution in [0.2, 0.25) is 0 Å². The van der Waals surface area contributed by atoms with Crippen molar-refractivity contribution in [3.63, 3.8) is 0 Å². The van der Waals surface area contributed by atoms with Crippen LogP contribution < -0.4 is 0 Å². The lowest BCUT2D eigenvalue weighted by Crippen LogP contribution is -2.34. The number of fused-ring (bicyclic) bond motifs is 1. The zero-order valence-electron chi connectivity index (χ0n) is 16.3. The molecule has 4 rings (SSSR count). The maximum atomic E-state index is 13.3. The standard InChI is InChI=1S/C20H23ClFN3O3S2/c21-25(30(26,27)19-4-3-13-29-19)10-2-1-9-24-11-7-15(8-12-24)20-17-6-5-16(22)14-18(17)28-23-20/h3-6,13-15H,1-2,7-12H2. The normalized spacial score (nSPS) is 16.6. The van der Waals surface area contributed by atoms with Crippen LogP contribution in [0.5, 0.6) is 0 Å². The molecule has 0 aliphatic carbocycles. The Bertz CT molecular complexity index is 1080. The maximum absolute atomic E-state index is 13.3. The lowest BCUT2D eigenvalue weighted by Gasteiger charge is -2.31. The Morgan fingerprint density at radius 3 is 2.80 bits per heavy atom. The van der Waals surface area contributed by atoms with E-state index in [-0.39, 0.29) is 10.0 Å². The summed E-state index contributed by atoms with van der Waals surface area (Å²) in [4.78, 5) is 2.38. The van der Waals surface area contributed by atoms with Gasteiger partial charge in [-0.3, -0.25) is 0 Å². The van der Waals surface area contributed by atoms with Crippen LogP contribution in [0, 0.1) is 5.82 Å². The van der Waals surface area contributed by atoms with E-state index in [1.54, 1.807) is 23.6 Å². The molecule has 0 amide bonds. The first-order chi connectivity index (χ1) is 14.4. The van der Waals surface area contributed by atoms with Gasteiger partial charge in [0.2, 0.25) is 0 Å². The number of piperidine rings is 1. The molecule has 3 aromatic rings. The van der Waals surface area contributed by atoms with Gasteiger partial charge in [0.25, 0.3) is 10.0 Å². The number of unbranched alkanes of at least 4 members (excludes halogenated alkanes) is 1. The molecular weight excluding hydrogens is 449 g/mol. The topological polar surface area (TPSA) is 66.7 Å². The van der Waals surface area contributed by atoms with Crippen LogP contribution in [0.3, 0.4) is 0 Å². The van der Waals surface area contributed by atoms with E-state index in [9.17, 15) is 12.8 Å². The molecule has 30 heavy (non-hydrogen) atoms. The fraction of sp³-hybridized carbons (Fsp3) is 0.450. The van der Waals surface area contributed by atoms with Crippen LogP contribution in [0.15, 0.2) is 44.4 Å². The average molecular weight is 472 g/mol. The van der Waals surface area contributed by atoms with Crippen molar-refractivity contribution in [2.24, 2.45) is 0 Å². The molecule has 10 heteroatoms. The van der Waals surface area contributed by atoms with Gasteiger partial charge >= 0.3 is 0 Å². The Balaban J connectivity index is 1.22. The molecule has 1 aliphatic heterocycles. The number of sulfonamides is 1. The van der Waals surface area contributed by atoms with E-state index in [0.29, 0.717) is 24.5 Å². The van der Waals surface area contributed by atoms with Gasteiger partial charge in [-0.05, 0) is 80.7 Å². The van der Waals surface area contributed by atoms with Crippen LogP contribution in [0.4, 0.5) is 4.39 Å². The van der Waals surface area contributed by atoms with Crippen molar-refractivity contribution in [1.82, 2.24) is 13.9 Å². The first-order valence-electron chi connectivity index (χ1n) is 9.94. The van der Waals surface area contributed by atoms with E-state index >= 15 is 0 Å². The lowest BCUT2D eigenvalue weighted by molar-refractivity contribution is 0.205. The van der Waals surface area contributed by atoms with E-state index in [1.165, 1.54) is 23.5 Å². The van der Waals surface area contributed by atoms with Gasteiger partial charge < -0.3 is 9.42 Å². The van der Waals surface area contributed by atoms with E-state index in [1.807, 2.05) is 0 Å². The number of aromatic nitrogens is 1. The van der Waals surface area contributed by atoms with Gasteiger partial charge in [0.15, 0.2) is 5.58 Å². The van der Waals surface area contributed by atoms with Crippen molar-refractivity contribution in [2.75, 3.05) is 26.2 Å². The maximum Gasteiger partial charge on any atom is 0.265 e. The number of thiophene rings is 1. The highest BCUT2D eigenvalue weighted by atomic mass is 35.5. The minimum atomic E-state index is -3.59. The summed E-state index contributed by atoms with van der Waals surface area (Å²) in [7, 11) is -3.59. The summed E-state index contributed by atoms with van der Waals surface area (Å²) in [6.07, 6.45) is 3.51. The molecule has 0 unspecified atom stereocenters. The molecule has 1 aromatic carbocycles. The van der Waals surface area contributed by atoms with Crippen LogP contribution in [-0.2, 0) is 10.0 Å². The molecule has 1 saturated heterocycles. The predicted molar refractivity (Wildman–Crippen MR) is 116 cm³/mol. The van der Waals surface area contributed by atoms with Gasteiger partial charge in [0.05, 0.1) is 5.69 Å². The summed E-state index contributed by atoms with van der Waals surface area (Å²) in [6.45, 7) is 3.08. The number of rotatable bonds is 8. The SMILES string of the molecule is O=S(=O)(c1cccs1)N(Cl)CCCCN1CCC(c2noc3cc(F)ccc23)CC1. The molecule has 0 atom stereocenters. The highest BCUT2D eigenvalue weighted by molar-refractivity contribution is 7.92. The highest BCUT2D eigenvalue weighted by Crippen LogP contribution is 2.33. The van der Waals surface area contributed by atoms with Gasteiger partial charge in [0, 0.05) is 23.9 Å². The second-order valence-electron chi connectivity index (χ2n) is 7.48. The van der Waals surface area contributed by atoms with Gasteiger partial charge in [-0.15, -0.1) is 15.2 Å². The molecule has 0 N–H and O–H groups in total. The third-order valence-electron chi connectivity index (χ3n) is 5.50. The van der Waals surface area contributed by atoms with Gasteiger partial charge in [-0.25, -0.2) is 12.8 Å². The molecule has 0 radical (unpaired) electrons. The molecule has 3 heterocycles.